The van der Waals surface area contributed by atoms with E-state index in [9.17, 15) is 19.1 Å². The number of aryl methyl sites for hydroxylation is 3. The van der Waals surface area contributed by atoms with Gasteiger partial charge in [-0.15, -0.1) is 0 Å². The lowest BCUT2D eigenvalue weighted by Gasteiger charge is -2.24. The second-order valence-corrected chi connectivity index (χ2v) is 10.2. The highest BCUT2D eigenvalue weighted by molar-refractivity contribution is 5.90. The third-order valence-corrected chi connectivity index (χ3v) is 6.89. The second-order valence-electron chi connectivity index (χ2n) is 10.2. The first-order valence-electron chi connectivity index (χ1n) is 14.2. The highest BCUT2D eigenvalue weighted by atomic mass is 19.1. The molecule has 0 bridgehead atoms. The Bertz CT molecular complexity index is 1300. The zero-order chi connectivity index (χ0) is 30.5. The highest BCUT2D eigenvalue weighted by Gasteiger charge is 2.18. The number of hydrogen-bond donors (Lipinski definition) is 2. The van der Waals surface area contributed by atoms with Crippen LogP contribution >= 0.6 is 0 Å². The van der Waals surface area contributed by atoms with Crippen molar-refractivity contribution in [3.63, 3.8) is 0 Å². The van der Waals surface area contributed by atoms with Crippen molar-refractivity contribution >= 4 is 17.7 Å². The number of anilines is 1. The molecule has 0 spiro atoms. The molecular formula is C33H41FN2O6. The Morgan fingerprint density at radius 1 is 0.905 bits per heavy atom. The number of halogens is 1. The lowest BCUT2D eigenvalue weighted by atomic mass is 10.1. The van der Waals surface area contributed by atoms with Crippen molar-refractivity contribution < 1.29 is 33.3 Å². The number of amides is 2. The molecule has 0 fully saturated rings. The maximum atomic E-state index is 13.3. The van der Waals surface area contributed by atoms with Gasteiger partial charge >= 0.3 is 12.0 Å². The van der Waals surface area contributed by atoms with Crippen molar-refractivity contribution in [1.82, 2.24) is 4.90 Å². The van der Waals surface area contributed by atoms with E-state index in [1.54, 1.807) is 36.1 Å². The summed E-state index contributed by atoms with van der Waals surface area (Å²) in [5.41, 5.74) is 5.72. The summed E-state index contributed by atoms with van der Waals surface area (Å²) in [6.45, 7) is 9.98. The number of ether oxygens (including phenoxy) is 3. The van der Waals surface area contributed by atoms with Gasteiger partial charge in [-0.3, -0.25) is 0 Å². The van der Waals surface area contributed by atoms with Gasteiger partial charge in [0.2, 0.25) is 0 Å². The largest absolute Gasteiger partial charge is 0.492 e. The average Bonchev–Trinajstić information content (AvgIpc) is 2.96. The Morgan fingerprint density at radius 3 is 2.24 bits per heavy atom. The van der Waals surface area contributed by atoms with E-state index in [-0.39, 0.29) is 24.9 Å². The van der Waals surface area contributed by atoms with E-state index < -0.39 is 12.1 Å². The van der Waals surface area contributed by atoms with Crippen LogP contribution in [-0.4, -0.2) is 61.0 Å². The van der Waals surface area contributed by atoms with Crippen LogP contribution in [0.5, 0.6) is 5.75 Å². The summed E-state index contributed by atoms with van der Waals surface area (Å²) in [4.78, 5) is 26.4. The fraction of sp³-hybridized carbons (Fsp3) is 0.394. The lowest BCUT2D eigenvalue weighted by molar-refractivity contribution is -0.149. The molecule has 226 valence electrons. The van der Waals surface area contributed by atoms with Crippen molar-refractivity contribution in [3.8, 4) is 5.75 Å². The Morgan fingerprint density at radius 2 is 1.57 bits per heavy atom. The Balaban J connectivity index is 1.56. The number of hydrogen-bond acceptors (Lipinski definition) is 5. The molecule has 8 nitrogen and oxygen atoms in total. The molecule has 3 aromatic rings. The van der Waals surface area contributed by atoms with Crippen molar-refractivity contribution in [2.24, 2.45) is 0 Å². The molecule has 3 aromatic carbocycles. The van der Waals surface area contributed by atoms with E-state index in [2.05, 4.69) is 11.4 Å². The maximum Gasteiger partial charge on any atom is 0.333 e. The van der Waals surface area contributed by atoms with Gasteiger partial charge in [0.05, 0.1) is 13.2 Å². The Labute approximate surface area is 247 Å². The van der Waals surface area contributed by atoms with Gasteiger partial charge in [-0.2, -0.15) is 0 Å². The molecular weight excluding hydrogens is 539 g/mol. The molecule has 0 saturated carbocycles. The van der Waals surface area contributed by atoms with Gasteiger partial charge in [-0.25, -0.2) is 14.0 Å². The summed E-state index contributed by atoms with van der Waals surface area (Å²) >= 11 is 0. The third-order valence-electron chi connectivity index (χ3n) is 6.89. The minimum atomic E-state index is -0.993. The van der Waals surface area contributed by atoms with Crippen molar-refractivity contribution in [2.45, 2.75) is 53.2 Å². The van der Waals surface area contributed by atoms with Gasteiger partial charge < -0.3 is 29.5 Å². The van der Waals surface area contributed by atoms with E-state index in [0.717, 1.165) is 33.5 Å². The molecule has 1 unspecified atom stereocenters. The Kier molecular flexibility index (Phi) is 12.8. The smallest absolute Gasteiger partial charge is 0.333 e. The first-order valence-corrected chi connectivity index (χ1v) is 14.2. The quantitative estimate of drug-likeness (QED) is 0.193. The molecule has 0 aliphatic heterocycles. The van der Waals surface area contributed by atoms with E-state index >= 15 is 0 Å². The normalized spacial score (nSPS) is 11.6. The second kappa shape index (κ2) is 16.5. The molecule has 0 heterocycles. The zero-order valence-corrected chi connectivity index (χ0v) is 24.8. The molecule has 0 saturated heterocycles. The standard InChI is InChI=1S/C33H41FN2O6/c1-5-41-31(32(37)38)21-26-9-13-29(14-10-26)42-18-16-36(15-6-17-40-22-27-7-11-28(34)12-8-27)33(39)35-30-20-24(3)23(2)19-25(30)4/h7-14,19-20,31H,5-6,15-18,21-22H2,1-4H3,(H,35,39)(H,37,38). The number of nitrogens with zero attached hydrogens (tertiary/aromatic N) is 1. The Hall–Kier alpha value is -3.95. The van der Waals surface area contributed by atoms with Gasteiger partial charge in [-0.05, 0) is 92.3 Å². The number of carboxylic acids is 1. The number of carbonyl (C=O) groups excluding carboxylic acids is 1. The summed E-state index contributed by atoms with van der Waals surface area (Å²) in [6.07, 6.45) is -0.0207. The van der Waals surface area contributed by atoms with Gasteiger partial charge in [-0.1, -0.05) is 30.3 Å². The topological polar surface area (TPSA) is 97.3 Å². The molecule has 3 rings (SSSR count). The summed E-state index contributed by atoms with van der Waals surface area (Å²) in [6, 6.07) is 17.2. The van der Waals surface area contributed by atoms with Crippen LogP contribution in [0.3, 0.4) is 0 Å². The molecule has 1 atom stereocenters. The monoisotopic (exact) mass is 580 g/mol. The third kappa shape index (κ3) is 10.5. The number of rotatable bonds is 16. The van der Waals surface area contributed by atoms with E-state index in [1.807, 2.05) is 39.0 Å². The van der Waals surface area contributed by atoms with Crippen molar-refractivity contribution in [1.29, 1.82) is 0 Å². The van der Waals surface area contributed by atoms with Gasteiger partial charge in [0.1, 0.15) is 18.2 Å². The number of aliphatic carboxylic acids is 1. The van der Waals surface area contributed by atoms with E-state index in [0.29, 0.717) is 45.1 Å². The highest BCUT2D eigenvalue weighted by Crippen LogP contribution is 2.21. The molecule has 9 heteroatoms. The number of carbonyl (C=O) groups is 2. The fourth-order valence-corrected chi connectivity index (χ4v) is 4.36. The molecule has 0 radical (unpaired) electrons. The fourth-order valence-electron chi connectivity index (χ4n) is 4.36. The summed E-state index contributed by atoms with van der Waals surface area (Å²) < 4.78 is 30.1. The molecule has 2 amide bonds. The van der Waals surface area contributed by atoms with Gasteiger partial charge in [0.25, 0.3) is 0 Å². The number of carboxylic acid groups (broad SMARTS) is 1. The number of urea groups is 1. The van der Waals surface area contributed by atoms with Crippen LogP contribution in [0.2, 0.25) is 0 Å². The lowest BCUT2D eigenvalue weighted by Crippen LogP contribution is -2.39. The van der Waals surface area contributed by atoms with Crippen molar-refractivity contribution in [3.05, 3.63) is 94.3 Å². The number of benzene rings is 3. The summed E-state index contributed by atoms with van der Waals surface area (Å²) in [5, 5.41) is 12.4. The maximum absolute atomic E-state index is 13.3. The molecule has 0 aliphatic carbocycles. The van der Waals surface area contributed by atoms with Crippen molar-refractivity contribution in [2.75, 3.05) is 38.2 Å². The van der Waals surface area contributed by atoms with Crippen LogP contribution < -0.4 is 10.1 Å². The number of nitrogens with one attached hydrogen (secondary N) is 1. The van der Waals surface area contributed by atoms with Crippen LogP contribution in [0.15, 0.2) is 60.7 Å². The minimum absolute atomic E-state index is 0.227. The zero-order valence-electron chi connectivity index (χ0n) is 24.8. The first-order chi connectivity index (χ1) is 20.2. The van der Waals surface area contributed by atoms with Gasteiger partial charge in [0, 0.05) is 31.9 Å². The molecule has 42 heavy (non-hydrogen) atoms. The minimum Gasteiger partial charge on any atom is -0.492 e. The van der Waals surface area contributed by atoms with E-state index in [4.69, 9.17) is 14.2 Å². The molecule has 0 aromatic heterocycles. The van der Waals surface area contributed by atoms with Crippen LogP contribution in [0.25, 0.3) is 0 Å². The van der Waals surface area contributed by atoms with Gasteiger partial charge in [0.15, 0.2) is 6.10 Å². The molecule has 2 N–H and O–H groups in total. The average molecular weight is 581 g/mol. The summed E-state index contributed by atoms with van der Waals surface area (Å²) in [7, 11) is 0. The summed E-state index contributed by atoms with van der Waals surface area (Å²) in [5.74, 6) is -0.659. The predicted molar refractivity (Wildman–Crippen MR) is 161 cm³/mol. The SMILES string of the molecule is CCOC(Cc1ccc(OCCN(CCCOCc2ccc(F)cc2)C(=O)Nc2cc(C)c(C)cc2C)cc1)C(=O)O. The first kappa shape index (κ1) is 32.6. The van der Waals surface area contributed by atoms with Crippen LogP contribution in [0.1, 0.15) is 41.2 Å². The van der Waals surface area contributed by atoms with E-state index in [1.165, 1.54) is 12.1 Å². The van der Waals surface area contributed by atoms with Crippen LogP contribution in [0.4, 0.5) is 14.9 Å². The van der Waals surface area contributed by atoms with Crippen LogP contribution in [0, 0.1) is 26.6 Å². The molecule has 0 aliphatic rings. The van der Waals surface area contributed by atoms with Crippen LogP contribution in [-0.2, 0) is 27.3 Å². The predicted octanol–water partition coefficient (Wildman–Crippen LogP) is 6.30.